The summed E-state index contributed by atoms with van der Waals surface area (Å²) in [6.45, 7) is 3.55. The molecule has 2 amide bonds. The van der Waals surface area contributed by atoms with Crippen LogP contribution in [-0.2, 0) is 19.6 Å². The molecule has 1 atom stereocenters. The second-order valence-electron chi connectivity index (χ2n) is 6.20. The normalized spacial score (nSPS) is 17.6. The lowest BCUT2D eigenvalue weighted by Gasteiger charge is -2.18. The van der Waals surface area contributed by atoms with Crippen LogP contribution in [0.5, 0.6) is 0 Å². The summed E-state index contributed by atoms with van der Waals surface area (Å²) in [6, 6.07) is 5.42. The molecular weight excluding hydrogens is 358 g/mol. The van der Waals surface area contributed by atoms with Crippen LogP contribution in [0, 0.1) is 0 Å². The van der Waals surface area contributed by atoms with E-state index in [0.29, 0.717) is 26.2 Å². The number of methoxy groups -OCH3 is 1. The summed E-state index contributed by atoms with van der Waals surface area (Å²) >= 11 is 0. The predicted molar refractivity (Wildman–Crippen MR) is 96.3 cm³/mol. The van der Waals surface area contributed by atoms with E-state index in [4.69, 9.17) is 4.74 Å². The molecule has 26 heavy (non-hydrogen) atoms. The van der Waals surface area contributed by atoms with E-state index < -0.39 is 16.1 Å². The van der Waals surface area contributed by atoms with E-state index >= 15 is 0 Å². The molecule has 1 aliphatic heterocycles. The number of amides is 2. The zero-order chi connectivity index (χ0) is 19.3. The summed E-state index contributed by atoms with van der Waals surface area (Å²) in [4.78, 5) is 27.3. The van der Waals surface area contributed by atoms with Gasteiger partial charge in [-0.25, -0.2) is 13.1 Å². The van der Waals surface area contributed by atoms with Crippen molar-refractivity contribution in [3.8, 4) is 0 Å². The van der Waals surface area contributed by atoms with Gasteiger partial charge in [0.2, 0.25) is 15.9 Å². The first-order chi connectivity index (χ1) is 12.3. The number of carbonyl (C=O) groups excluding carboxylic acids is 2. The van der Waals surface area contributed by atoms with Gasteiger partial charge in [0.05, 0.1) is 11.5 Å². The number of ether oxygens (including phenoxy) is 1. The Kier molecular flexibility index (Phi) is 6.74. The molecule has 1 N–H and O–H groups in total. The number of carbonyl (C=O) groups is 2. The quantitative estimate of drug-likeness (QED) is 0.697. The number of rotatable bonds is 8. The SMILES string of the molecule is CCN1C[C@@H](NS(=O)(=O)c2cccc(C(=O)N(C)CCOC)c2)CC1=O. The summed E-state index contributed by atoms with van der Waals surface area (Å²) in [5, 5.41) is 0. The minimum absolute atomic E-state index is 0.00545. The van der Waals surface area contributed by atoms with Crippen LogP contribution in [0.25, 0.3) is 0 Å². The third kappa shape index (κ3) is 4.80. The molecule has 0 saturated carbocycles. The zero-order valence-corrected chi connectivity index (χ0v) is 16.1. The van der Waals surface area contributed by atoms with Gasteiger partial charge in [-0.1, -0.05) is 6.07 Å². The number of hydrogen-bond acceptors (Lipinski definition) is 5. The fourth-order valence-corrected chi connectivity index (χ4v) is 4.06. The van der Waals surface area contributed by atoms with Gasteiger partial charge in [-0.3, -0.25) is 9.59 Å². The summed E-state index contributed by atoms with van der Waals surface area (Å²) in [5.74, 6) is -0.351. The molecule has 8 nitrogen and oxygen atoms in total. The molecule has 1 aromatic rings. The van der Waals surface area contributed by atoms with Crippen LogP contribution in [0.3, 0.4) is 0 Å². The van der Waals surface area contributed by atoms with E-state index in [1.807, 2.05) is 6.92 Å². The molecule has 1 fully saturated rings. The Bertz CT molecular complexity index is 765. The monoisotopic (exact) mass is 383 g/mol. The highest BCUT2D eigenvalue weighted by atomic mass is 32.2. The van der Waals surface area contributed by atoms with Gasteiger partial charge in [0, 0.05) is 51.8 Å². The lowest BCUT2D eigenvalue weighted by atomic mass is 10.2. The smallest absolute Gasteiger partial charge is 0.253 e. The molecule has 1 aliphatic rings. The van der Waals surface area contributed by atoms with Gasteiger partial charge < -0.3 is 14.5 Å². The Morgan fingerprint density at radius 3 is 2.77 bits per heavy atom. The Morgan fingerprint density at radius 1 is 1.42 bits per heavy atom. The molecular formula is C17H25N3O5S. The maximum absolute atomic E-state index is 12.6. The van der Waals surface area contributed by atoms with Crippen LogP contribution in [-0.4, -0.2) is 76.5 Å². The number of likely N-dealkylation sites (tertiary alicyclic amines) is 1. The summed E-state index contributed by atoms with van der Waals surface area (Å²) in [6.07, 6.45) is 0.144. The number of likely N-dealkylation sites (N-methyl/N-ethyl adjacent to an activating group) is 2. The number of hydrogen-bond donors (Lipinski definition) is 1. The molecule has 1 heterocycles. The average Bonchev–Trinajstić information content (AvgIpc) is 2.97. The topological polar surface area (TPSA) is 96.0 Å². The van der Waals surface area contributed by atoms with Crippen molar-refractivity contribution in [3.05, 3.63) is 29.8 Å². The largest absolute Gasteiger partial charge is 0.383 e. The van der Waals surface area contributed by atoms with Crippen LogP contribution in [0.15, 0.2) is 29.2 Å². The number of benzene rings is 1. The van der Waals surface area contributed by atoms with Gasteiger partial charge in [0.15, 0.2) is 0 Å². The fraction of sp³-hybridized carbons (Fsp3) is 0.529. The molecule has 9 heteroatoms. The third-order valence-electron chi connectivity index (χ3n) is 4.29. The highest BCUT2D eigenvalue weighted by molar-refractivity contribution is 7.89. The van der Waals surface area contributed by atoms with Gasteiger partial charge in [-0.05, 0) is 25.1 Å². The second-order valence-corrected chi connectivity index (χ2v) is 7.92. The highest BCUT2D eigenvalue weighted by Gasteiger charge is 2.32. The van der Waals surface area contributed by atoms with Crippen molar-refractivity contribution < 1.29 is 22.7 Å². The van der Waals surface area contributed by atoms with E-state index in [1.54, 1.807) is 25.1 Å². The number of nitrogens with zero attached hydrogens (tertiary/aromatic N) is 2. The molecule has 0 spiro atoms. The van der Waals surface area contributed by atoms with Crippen molar-refractivity contribution in [2.45, 2.75) is 24.3 Å². The van der Waals surface area contributed by atoms with Crippen LogP contribution in [0.4, 0.5) is 0 Å². The van der Waals surface area contributed by atoms with Crippen molar-refractivity contribution in [1.29, 1.82) is 0 Å². The van der Waals surface area contributed by atoms with Gasteiger partial charge >= 0.3 is 0 Å². The average molecular weight is 383 g/mol. The van der Waals surface area contributed by atoms with E-state index in [9.17, 15) is 18.0 Å². The summed E-state index contributed by atoms with van der Waals surface area (Å²) in [7, 11) is -0.646. The first-order valence-corrected chi connectivity index (χ1v) is 9.91. The van der Waals surface area contributed by atoms with Crippen molar-refractivity contribution in [2.24, 2.45) is 0 Å². The van der Waals surface area contributed by atoms with Gasteiger partial charge in [0.1, 0.15) is 0 Å². The number of nitrogens with one attached hydrogen (secondary N) is 1. The second kappa shape index (κ2) is 8.61. The van der Waals surface area contributed by atoms with E-state index in [2.05, 4.69) is 4.72 Å². The Morgan fingerprint density at radius 2 is 2.15 bits per heavy atom. The molecule has 1 saturated heterocycles. The first-order valence-electron chi connectivity index (χ1n) is 8.43. The summed E-state index contributed by atoms with van der Waals surface area (Å²) < 4.78 is 32.7. The van der Waals surface area contributed by atoms with Crippen LogP contribution in [0.1, 0.15) is 23.7 Å². The maximum Gasteiger partial charge on any atom is 0.253 e. The molecule has 0 radical (unpaired) electrons. The van der Waals surface area contributed by atoms with E-state index in [0.717, 1.165) is 0 Å². The molecule has 0 unspecified atom stereocenters. The Hall–Kier alpha value is -1.97. The lowest BCUT2D eigenvalue weighted by Crippen LogP contribution is -2.37. The van der Waals surface area contributed by atoms with Crippen molar-refractivity contribution in [1.82, 2.24) is 14.5 Å². The van der Waals surface area contributed by atoms with Crippen molar-refractivity contribution in [3.63, 3.8) is 0 Å². The van der Waals surface area contributed by atoms with Gasteiger partial charge in [-0.2, -0.15) is 0 Å². The standard InChI is InChI=1S/C17H25N3O5S/c1-4-20-12-14(11-16(20)21)18-26(23,24)15-7-5-6-13(10-15)17(22)19(2)8-9-25-3/h5-7,10,14,18H,4,8-9,11-12H2,1-3H3/t14-/m0/s1. The minimum atomic E-state index is -3.82. The van der Waals surface area contributed by atoms with Gasteiger partial charge in [-0.15, -0.1) is 0 Å². The van der Waals surface area contributed by atoms with Crippen molar-refractivity contribution >= 4 is 21.8 Å². The van der Waals surface area contributed by atoms with E-state index in [1.165, 1.54) is 23.1 Å². The highest BCUT2D eigenvalue weighted by Crippen LogP contribution is 2.17. The first kappa shape index (κ1) is 20.3. The predicted octanol–water partition coefficient (Wildman–Crippen LogP) is 0.304. The number of sulfonamides is 1. The molecule has 1 aromatic carbocycles. The van der Waals surface area contributed by atoms with Crippen LogP contribution < -0.4 is 4.72 Å². The molecule has 0 aliphatic carbocycles. The van der Waals surface area contributed by atoms with E-state index in [-0.39, 0.29) is 28.7 Å². The summed E-state index contributed by atoms with van der Waals surface area (Å²) in [5.41, 5.74) is 0.282. The van der Waals surface area contributed by atoms with Crippen LogP contribution in [0.2, 0.25) is 0 Å². The molecule has 2 rings (SSSR count). The Labute approximate surface area is 154 Å². The molecule has 144 valence electrons. The van der Waals surface area contributed by atoms with Crippen molar-refractivity contribution in [2.75, 3.05) is 40.4 Å². The minimum Gasteiger partial charge on any atom is -0.383 e. The molecule has 0 bridgehead atoms. The third-order valence-corrected chi connectivity index (χ3v) is 5.81. The molecule has 0 aromatic heterocycles. The maximum atomic E-state index is 12.6. The lowest BCUT2D eigenvalue weighted by molar-refractivity contribution is -0.127. The van der Waals surface area contributed by atoms with Crippen LogP contribution >= 0.6 is 0 Å². The van der Waals surface area contributed by atoms with Gasteiger partial charge in [0.25, 0.3) is 5.91 Å². The zero-order valence-electron chi connectivity index (χ0n) is 15.3. The Balaban J connectivity index is 2.13. The fourth-order valence-electron chi connectivity index (χ4n) is 2.79.